The van der Waals surface area contributed by atoms with E-state index in [0.717, 1.165) is 38.5 Å². The Kier molecular flexibility index (Phi) is 14.2. The molecule has 0 heterocycles. The molecule has 0 saturated heterocycles. The lowest BCUT2D eigenvalue weighted by Gasteiger charge is -2.13. The maximum Gasteiger partial charge on any atom is 0.342 e. The van der Waals surface area contributed by atoms with Crippen LogP contribution in [0.3, 0.4) is 0 Å². The monoisotopic (exact) mass is 560 g/mol. The first kappa shape index (κ1) is 32.3. The minimum Gasteiger partial charge on any atom is -0.491 e. The summed E-state index contributed by atoms with van der Waals surface area (Å²) in [6.07, 6.45) is 6.25. The molecule has 2 aromatic carbocycles. The SMILES string of the molecule is CCCCOc1ccc(OCCCC)c([N+](=O)[O-])c1N=Nc1c(OCCCC)ccc(OCCCC)c1[N+](=O)[O-]. The lowest BCUT2D eigenvalue weighted by molar-refractivity contribution is -0.385. The number of azo groups is 1. The molecule has 0 spiro atoms. The normalized spacial score (nSPS) is 11.0. The number of hydrogen-bond donors (Lipinski definition) is 0. The maximum absolute atomic E-state index is 12.2. The molecule has 0 aliphatic rings. The minimum atomic E-state index is -0.611. The second kappa shape index (κ2) is 17.6. The topological polar surface area (TPSA) is 148 Å². The summed E-state index contributed by atoms with van der Waals surface area (Å²) in [5.41, 5.74) is -1.25. The second-order valence-corrected chi connectivity index (χ2v) is 9.04. The molecule has 12 heteroatoms. The van der Waals surface area contributed by atoms with Gasteiger partial charge in [-0.1, -0.05) is 53.4 Å². The van der Waals surface area contributed by atoms with Crippen molar-refractivity contribution in [3.05, 3.63) is 44.5 Å². The molecule has 0 N–H and O–H groups in total. The number of nitro benzene ring substituents is 2. The number of rotatable bonds is 20. The fourth-order valence-electron chi connectivity index (χ4n) is 3.50. The highest BCUT2D eigenvalue weighted by Gasteiger charge is 2.29. The highest BCUT2D eigenvalue weighted by atomic mass is 16.6. The van der Waals surface area contributed by atoms with Gasteiger partial charge in [-0.3, -0.25) is 20.2 Å². The fraction of sp³-hybridized carbons (Fsp3) is 0.571. The van der Waals surface area contributed by atoms with E-state index in [9.17, 15) is 20.2 Å². The molecule has 2 aromatic rings. The van der Waals surface area contributed by atoms with Gasteiger partial charge in [0.25, 0.3) is 0 Å². The predicted octanol–water partition coefficient (Wildman–Crippen LogP) is 8.63. The lowest BCUT2D eigenvalue weighted by Crippen LogP contribution is -2.03. The van der Waals surface area contributed by atoms with E-state index >= 15 is 0 Å². The van der Waals surface area contributed by atoms with E-state index in [0.29, 0.717) is 26.1 Å². The predicted molar refractivity (Wildman–Crippen MR) is 152 cm³/mol. The third-order valence-corrected chi connectivity index (χ3v) is 5.79. The number of hydrogen-bond acceptors (Lipinski definition) is 10. The molecule has 0 aliphatic carbocycles. The molecule has 0 fully saturated rings. The van der Waals surface area contributed by atoms with Crippen molar-refractivity contribution in [1.82, 2.24) is 0 Å². The molecule has 12 nitrogen and oxygen atoms in total. The van der Waals surface area contributed by atoms with E-state index in [4.69, 9.17) is 18.9 Å². The maximum atomic E-state index is 12.2. The Morgan fingerprint density at radius 1 is 0.550 bits per heavy atom. The molecule has 0 unspecified atom stereocenters. The summed E-state index contributed by atoms with van der Waals surface area (Å²) in [5.74, 6) is 0.276. The van der Waals surface area contributed by atoms with Gasteiger partial charge in [0, 0.05) is 0 Å². The van der Waals surface area contributed by atoms with Crippen LogP contribution in [0, 0.1) is 20.2 Å². The summed E-state index contributed by atoms with van der Waals surface area (Å²) in [7, 11) is 0. The lowest BCUT2D eigenvalue weighted by atomic mass is 10.2. The van der Waals surface area contributed by atoms with Crippen molar-refractivity contribution in [3.63, 3.8) is 0 Å². The van der Waals surface area contributed by atoms with E-state index < -0.39 is 21.2 Å². The van der Waals surface area contributed by atoms with Crippen LogP contribution in [-0.2, 0) is 0 Å². The average molecular weight is 561 g/mol. The van der Waals surface area contributed by atoms with E-state index in [-0.39, 0.29) is 47.6 Å². The van der Waals surface area contributed by atoms with Crippen LogP contribution >= 0.6 is 0 Å². The van der Waals surface area contributed by atoms with Gasteiger partial charge in [-0.15, -0.1) is 10.2 Å². The zero-order valence-electron chi connectivity index (χ0n) is 23.8. The molecule has 0 aromatic heterocycles. The number of nitro groups is 2. The number of benzene rings is 2. The van der Waals surface area contributed by atoms with Crippen LogP contribution in [0.2, 0.25) is 0 Å². The summed E-state index contributed by atoms with van der Waals surface area (Å²) >= 11 is 0. The molecule has 0 bridgehead atoms. The molecule has 220 valence electrons. The van der Waals surface area contributed by atoms with Gasteiger partial charge < -0.3 is 18.9 Å². The van der Waals surface area contributed by atoms with Crippen LogP contribution in [0.4, 0.5) is 22.7 Å². The van der Waals surface area contributed by atoms with Crippen molar-refractivity contribution in [2.75, 3.05) is 26.4 Å². The van der Waals surface area contributed by atoms with E-state index in [1.54, 1.807) is 0 Å². The fourth-order valence-corrected chi connectivity index (χ4v) is 3.50. The summed E-state index contributed by atoms with van der Waals surface area (Å²) in [4.78, 5) is 23.2. The number of ether oxygens (including phenoxy) is 4. The minimum absolute atomic E-state index is 0.0146. The molecule has 0 radical (unpaired) electrons. The second-order valence-electron chi connectivity index (χ2n) is 9.04. The van der Waals surface area contributed by atoms with Crippen molar-refractivity contribution in [3.8, 4) is 23.0 Å². The highest BCUT2D eigenvalue weighted by molar-refractivity contribution is 5.75. The van der Waals surface area contributed by atoms with Crippen molar-refractivity contribution in [2.45, 2.75) is 79.1 Å². The van der Waals surface area contributed by atoms with Crippen LogP contribution in [0.15, 0.2) is 34.5 Å². The van der Waals surface area contributed by atoms with Crippen molar-refractivity contribution >= 4 is 22.7 Å². The zero-order valence-corrected chi connectivity index (χ0v) is 23.8. The first-order valence-electron chi connectivity index (χ1n) is 13.9. The number of nitrogens with zero attached hydrogens (tertiary/aromatic N) is 4. The summed E-state index contributed by atoms with van der Waals surface area (Å²) < 4.78 is 23.0. The van der Waals surface area contributed by atoms with Crippen LogP contribution in [-0.4, -0.2) is 36.3 Å². The Hall–Kier alpha value is -3.96. The van der Waals surface area contributed by atoms with Crippen molar-refractivity contribution < 1.29 is 28.8 Å². The molecule has 0 atom stereocenters. The first-order chi connectivity index (χ1) is 19.4. The largest absolute Gasteiger partial charge is 0.491 e. The van der Waals surface area contributed by atoms with Gasteiger partial charge in [-0.2, -0.15) is 0 Å². The van der Waals surface area contributed by atoms with Gasteiger partial charge in [0.2, 0.25) is 11.4 Å². The van der Waals surface area contributed by atoms with Crippen molar-refractivity contribution in [1.29, 1.82) is 0 Å². The third-order valence-electron chi connectivity index (χ3n) is 5.79. The molecule has 0 amide bonds. The number of unbranched alkanes of at least 4 members (excludes halogenated alkanes) is 4. The Morgan fingerprint density at radius 3 is 1.10 bits per heavy atom. The highest BCUT2D eigenvalue weighted by Crippen LogP contribution is 2.48. The molecular formula is C28H40N4O8. The van der Waals surface area contributed by atoms with Gasteiger partial charge in [0.05, 0.1) is 36.3 Å². The van der Waals surface area contributed by atoms with Crippen LogP contribution in [0.5, 0.6) is 23.0 Å². The van der Waals surface area contributed by atoms with Crippen molar-refractivity contribution in [2.24, 2.45) is 10.2 Å². The molecule has 2 rings (SSSR count). The third kappa shape index (κ3) is 9.35. The molecular weight excluding hydrogens is 520 g/mol. The first-order valence-corrected chi connectivity index (χ1v) is 13.9. The van der Waals surface area contributed by atoms with Crippen LogP contribution in [0.25, 0.3) is 0 Å². The quantitative estimate of drug-likeness (QED) is 0.0676. The summed E-state index contributed by atoms with van der Waals surface area (Å²) in [6.45, 7) is 9.11. The summed E-state index contributed by atoms with van der Waals surface area (Å²) in [5, 5.41) is 32.7. The van der Waals surface area contributed by atoms with Gasteiger partial charge >= 0.3 is 11.4 Å². The zero-order chi connectivity index (χ0) is 29.3. The average Bonchev–Trinajstić information content (AvgIpc) is 2.93. The molecule has 0 saturated carbocycles. The smallest absolute Gasteiger partial charge is 0.342 e. The van der Waals surface area contributed by atoms with Gasteiger partial charge in [0.15, 0.2) is 23.0 Å². The Morgan fingerprint density at radius 2 is 0.825 bits per heavy atom. The van der Waals surface area contributed by atoms with Gasteiger partial charge in [-0.25, -0.2) is 0 Å². The van der Waals surface area contributed by atoms with Crippen LogP contribution < -0.4 is 18.9 Å². The summed E-state index contributed by atoms with van der Waals surface area (Å²) in [6, 6.07) is 6.02. The Bertz CT molecular complexity index is 1050. The molecule has 0 aliphatic heterocycles. The van der Waals surface area contributed by atoms with Crippen LogP contribution in [0.1, 0.15) is 79.1 Å². The Labute approximate surface area is 235 Å². The van der Waals surface area contributed by atoms with E-state index in [1.807, 2.05) is 27.7 Å². The van der Waals surface area contributed by atoms with E-state index in [2.05, 4.69) is 10.2 Å². The van der Waals surface area contributed by atoms with Gasteiger partial charge in [-0.05, 0) is 49.9 Å². The van der Waals surface area contributed by atoms with Gasteiger partial charge in [0.1, 0.15) is 0 Å². The van der Waals surface area contributed by atoms with E-state index in [1.165, 1.54) is 24.3 Å². The Balaban J connectivity index is 2.70. The molecule has 40 heavy (non-hydrogen) atoms. The standard InChI is InChI=1S/C28H40N4O8/c1-5-9-17-37-21-13-15-23(39-19-11-7-3)27(31(33)34)25(21)29-30-26-22(38-18-10-6-2)14-16-24(28(26)32(35)36)40-20-12-8-4/h13-16H,5-12,17-20H2,1-4H3.